The van der Waals surface area contributed by atoms with Gasteiger partial charge in [-0.2, -0.15) is 0 Å². The number of nitrogens with one attached hydrogen (secondary N) is 1. The Morgan fingerprint density at radius 1 is 1.21 bits per heavy atom. The van der Waals surface area contributed by atoms with Crippen molar-refractivity contribution in [2.24, 2.45) is 10.9 Å². The number of likely N-dealkylation sites (tertiary alicyclic amines) is 1. The predicted octanol–water partition coefficient (Wildman–Crippen LogP) is 3.21. The van der Waals surface area contributed by atoms with E-state index in [-0.39, 0.29) is 0 Å². The Labute approximate surface area is 147 Å². The Morgan fingerprint density at radius 2 is 1.92 bits per heavy atom. The fraction of sp³-hybridized carbons (Fsp3) is 0.650. The molecule has 0 aliphatic carbocycles. The van der Waals surface area contributed by atoms with Crippen LogP contribution < -0.4 is 5.32 Å². The number of rotatable bonds is 7. The van der Waals surface area contributed by atoms with Crippen molar-refractivity contribution in [1.82, 2.24) is 15.1 Å². The zero-order valence-electron chi connectivity index (χ0n) is 15.7. The summed E-state index contributed by atoms with van der Waals surface area (Å²) in [6.45, 7) is 10.8. The van der Waals surface area contributed by atoms with Crippen LogP contribution in [0.4, 0.5) is 0 Å². The number of hydrogen-bond donors (Lipinski definition) is 1. The van der Waals surface area contributed by atoms with Crippen LogP contribution >= 0.6 is 0 Å². The minimum absolute atomic E-state index is 0.846. The lowest BCUT2D eigenvalue weighted by Gasteiger charge is -2.30. The highest BCUT2D eigenvalue weighted by Gasteiger charge is 2.17. The lowest BCUT2D eigenvalue weighted by atomic mass is 9.94. The van der Waals surface area contributed by atoms with E-state index in [1.165, 1.54) is 44.5 Å². The molecule has 1 aromatic carbocycles. The second-order valence-corrected chi connectivity index (χ2v) is 6.74. The van der Waals surface area contributed by atoms with E-state index in [1.807, 2.05) is 0 Å². The maximum absolute atomic E-state index is 4.86. The number of benzene rings is 1. The van der Waals surface area contributed by atoms with Gasteiger partial charge >= 0.3 is 0 Å². The summed E-state index contributed by atoms with van der Waals surface area (Å²) in [5, 5.41) is 3.42. The van der Waals surface area contributed by atoms with Gasteiger partial charge < -0.3 is 15.1 Å². The third-order valence-electron chi connectivity index (χ3n) is 4.91. The number of aliphatic imine (C=N–C) groups is 1. The number of piperidine rings is 1. The van der Waals surface area contributed by atoms with Crippen LogP contribution in [0, 0.1) is 5.92 Å². The smallest absolute Gasteiger partial charge is 0.193 e. The summed E-state index contributed by atoms with van der Waals surface area (Å²) in [5.74, 6) is 1.87. The molecule has 134 valence electrons. The third kappa shape index (κ3) is 6.16. The van der Waals surface area contributed by atoms with Gasteiger partial charge in [0.25, 0.3) is 0 Å². The molecule has 2 rings (SSSR count). The minimum Gasteiger partial charge on any atom is -0.357 e. The first-order valence-corrected chi connectivity index (χ1v) is 9.48. The number of guanidine groups is 1. The second kappa shape index (κ2) is 10.3. The minimum atomic E-state index is 0.846. The van der Waals surface area contributed by atoms with E-state index in [9.17, 15) is 0 Å². The fourth-order valence-electron chi connectivity index (χ4n) is 3.35. The van der Waals surface area contributed by atoms with Crippen molar-refractivity contribution in [3.8, 4) is 0 Å². The van der Waals surface area contributed by atoms with E-state index in [0.29, 0.717) is 0 Å². The summed E-state index contributed by atoms with van der Waals surface area (Å²) in [7, 11) is 2.12. The normalized spacial score (nSPS) is 17.0. The Hall–Kier alpha value is -1.55. The first-order valence-electron chi connectivity index (χ1n) is 9.48. The fourth-order valence-corrected chi connectivity index (χ4v) is 3.35. The molecule has 4 heteroatoms. The zero-order valence-corrected chi connectivity index (χ0v) is 15.7. The average Bonchev–Trinajstić information content (AvgIpc) is 2.62. The number of hydrogen-bond acceptors (Lipinski definition) is 2. The maximum atomic E-state index is 4.86. The molecule has 0 radical (unpaired) electrons. The van der Waals surface area contributed by atoms with Crippen molar-refractivity contribution in [1.29, 1.82) is 0 Å². The Balaban J connectivity index is 1.81. The SMILES string of the molecule is CCNC(=NCCC1CCN(CC)CC1)N(C)Cc1ccccc1. The van der Waals surface area contributed by atoms with Crippen LogP contribution in [0.25, 0.3) is 0 Å². The van der Waals surface area contributed by atoms with Gasteiger partial charge in [0.2, 0.25) is 0 Å². The van der Waals surface area contributed by atoms with Crippen molar-refractivity contribution in [2.75, 3.05) is 39.8 Å². The van der Waals surface area contributed by atoms with Crippen molar-refractivity contribution in [3.05, 3.63) is 35.9 Å². The molecule has 0 bridgehead atoms. The molecular formula is C20H34N4. The lowest BCUT2D eigenvalue weighted by molar-refractivity contribution is 0.188. The highest BCUT2D eigenvalue weighted by atomic mass is 15.3. The van der Waals surface area contributed by atoms with Crippen molar-refractivity contribution < 1.29 is 0 Å². The van der Waals surface area contributed by atoms with E-state index in [1.54, 1.807) is 0 Å². The van der Waals surface area contributed by atoms with Crippen LogP contribution in [0.5, 0.6) is 0 Å². The summed E-state index contributed by atoms with van der Waals surface area (Å²) in [4.78, 5) is 9.63. The largest absolute Gasteiger partial charge is 0.357 e. The second-order valence-electron chi connectivity index (χ2n) is 6.74. The first kappa shape index (κ1) is 18.8. The first-order chi connectivity index (χ1) is 11.7. The van der Waals surface area contributed by atoms with Crippen LogP contribution in [-0.4, -0.2) is 55.5 Å². The quantitative estimate of drug-likeness (QED) is 0.615. The predicted molar refractivity (Wildman–Crippen MR) is 103 cm³/mol. The summed E-state index contributed by atoms with van der Waals surface area (Å²) in [5.41, 5.74) is 1.32. The van der Waals surface area contributed by atoms with Crippen molar-refractivity contribution in [3.63, 3.8) is 0 Å². The van der Waals surface area contributed by atoms with Crippen molar-refractivity contribution >= 4 is 5.96 Å². The zero-order chi connectivity index (χ0) is 17.2. The molecule has 0 unspecified atom stereocenters. The van der Waals surface area contributed by atoms with Crippen LogP contribution in [0.3, 0.4) is 0 Å². The van der Waals surface area contributed by atoms with Gasteiger partial charge in [-0.25, -0.2) is 0 Å². The van der Waals surface area contributed by atoms with Crippen LogP contribution in [0.1, 0.15) is 38.7 Å². The molecular weight excluding hydrogens is 296 g/mol. The summed E-state index contributed by atoms with van der Waals surface area (Å²) in [6, 6.07) is 10.6. The van der Waals surface area contributed by atoms with Crippen molar-refractivity contribution in [2.45, 2.75) is 39.7 Å². The average molecular weight is 331 g/mol. The molecule has 1 heterocycles. The van der Waals surface area contributed by atoms with E-state index < -0.39 is 0 Å². The molecule has 0 aromatic heterocycles. The Bertz CT molecular complexity index is 478. The van der Waals surface area contributed by atoms with E-state index >= 15 is 0 Å². The molecule has 24 heavy (non-hydrogen) atoms. The van der Waals surface area contributed by atoms with Gasteiger partial charge in [-0.05, 0) is 57.3 Å². The molecule has 1 aromatic rings. The highest BCUT2D eigenvalue weighted by molar-refractivity contribution is 5.79. The Kier molecular flexibility index (Phi) is 8.10. The topological polar surface area (TPSA) is 30.9 Å². The third-order valence-corrected chi connectivity index (χ3v) is 4.91. The standard InChI is InChI=1S/C20H34N4/c1-4-21-20(23(3)17-19-9-7-6-8-10-19)22-14-11-18-12-15-24(5-2)16-13-18/h6-10,18H,4-5,11-17H2,1-3H3,(H,21,22). The van der Waals surface area contributed by atoms with Gasteiger partial charge in [-0.1, -0.05) is 37.3 Å². The molecule has 0 amide bonds. The molecule has 0 saturated carbocycles. The summed E-state index contributed by atoms with van der Waals surface area (Å²) < 4.78 is 0. The molecule has 0 atom stereocenters. The molecule has 4 nitrogen and oxygen atoms in total. The van der Waals surface area contributed by atoms with Gasteiger partial charge in [-0.3, -0.25) is 4.99 Å². The van der Waals surface area contributed by atoms with Gasteiger partial charge in [0.1, 0.15) is 0 Å². The Morgan fingerprint density at radius 3 is 2.54 bits per heavy atom. The maximum Gasteiger partial charge on any atom is 0.193 e. The van der Waals surface area contributed by atoms with Crippen LogP contribution in [-0.2, 0) is 6.54 Å². The summed E-state index contributed by atoms with van der Waals surface area (Å²) >= 11 is 0. The number of nitrogens with zero attached hydrogens (tertiary/aromatic N) is 3. The highest BCUT2D eigenvalue weighted by Crippen LogP contribution is 2.20. The molecule has 1 aliphatic rings. The molecule has 1 fully saturated rings. The van der Waals surface area contributed by atoms with E-state index in [0.717, 1.165) is 31.5 Å². The molecule has 0 spiro atoms. The van der Waals surface area contributed by atoms with E-state index in [2.05, 4.69) is 66.3 Å². The van der Waals surface area contributed by atoms with Gasteiger partial charge in [0.15, 0.2) is 5.96 Å². The van der Waals surface area contributed by atoms with Crippen LogP contribution in [0.15, 0.2) is 35.3 Å². The summed E-state index contributed by atoms with van der Waals surface area (Å²) in [6.07, 6.45) is 3.88. The lowest BCUT2D eigenvalue weighted by Crippen LogP contribution is -2.38. The van der Waals surface area contributed by atoms with Gasteiger partial charge in [-0.15, -0.1) is 0 Å². The molecule has 1 saturated heterocycles. The van der Waals surface area contributed by atoms with Crippen LogP contribution in [0.2, 0.25) is 0 Å². The molecule has 1 N–H and O–H groups in total. The monoisotopic (exact) mass is 330 g/mol. The van der Waals surface area contributed by atoms with E-state index in [4.69, 9.17) is 4.99 Å². The molecule has 1 aliphatic heterocycles. The van der Waals surface area contributed by atoms with Gasteiger partial charge in [0.05, 0.1) is 0 Å². The van der Waals surface area contributed by atoms with Gasteiger partial charge in [0, 0.05) is 26.7 Å².